The third-order valence-electron chi connectivity index (χ3n) is 5.08. The van der Waals surface area contributed by atoms with Crippen LogP contribution < -0.4 is 5.32 Å². The molecule has 1 fully saturated rings. The van der Waals surface area contributed by atoms with Crippen LogP contribution in [0.15, 0.2) is 24.3 Å². The molecule has 1 aliphatic heterocycles. The summed E-state index contributed by atoms with van der Waals surface area (Å²) < 4.78 is 9.30. The van der Waals surface area contributed by atoms with Crippen LogP contribution in [-0.2, 0) is 36.2 Å². The van der Waals surface area contributed by atoms with Crippen LogP contribution in [0.4, 0.5) is 0 Å². The van der Waals surface area contributed by atoms with Crippen LogP contribution in [0.2, 0.25) is 0 Å². The summed E-state index contributed by atoms with van der Waals surface area (Å²) in [6.07, 6.45) is 0.333. The number of carbonyl (C=O) groups excluding carboxylic acids is 1. The van der Waals surface area contributed by atoms with Crippen LogP contribution in [0, 0.1) is 0 Å². The summed E-state index contributed by atoms with van der Waals surface area (Å²) >= 11 is 0. The monoisotopic (exact) mass is 398 g/mol. The smallest absolute Gasteiger partial charge is 0.242 e. The lowest BCUT2D eigenvalue weighted by molar-refractivity contribution is -0.122. The quantitative estimate of drug-likeness (QED) is 0.644. The van der Waals surface area contributed by atoms with E-state index in [1.165, 1.54) is 0 Å². The number of morpholine rings is 1. The fraction of sp³-hybridized carbons (Fsp3) is 0.526. The Morgan fingerprint density at radius 1 is 1.21 bits per heavy atom. The zero-order valence-corrected chi connectivity index (χ0v) is 16.9. The van der Waals surface area contributed by atoms with Crippen LogP contribution in [0.5, 0.6) is 0 Å². The minimum atomic E-state index is -0.158. The maximum absolute atomic E-state index is 12.5. The summed E-state index contributed by atoms with van der Waals surface area (Å²) in [4.78, 5) is 19.3. The van der Waals surface area contributed by atoms with E-state index < -0.39 is 0 Å². The molecule has 4 rings (SSSR count). The molecular formula is C19H26N8O2. The van der Waals surface area contributed by atoms with Gasteiger partial charge in [0.2, 0.25) is 5.91 Å². The zero-order chi connectivity index (χ0) is 20.4. The number of carbonyl (C=O) groups is 1. The van der Waals surface area contributed by atoms with Gasteiger partial charge in [-0.25, -0.2) is 9.67 Å². The zero-order valence-electron chi connectivity index (χ0n) is 16.9. The van der Waals surface area contributed by atoms with Crippen LogP contribution in [0.3, 0.4) is 0 Å². The van der Waals surface area contributed by atoms with E-state index in [0.717, 1.165) is 29.9 Å². The number of fused-ring (bicyclic) bond motifs is 1. The molecule has 0 radical (unpaired) electrons. The van der Waals surface area contributed by atoms with Crippen molar-refractivity contribution in [2.24, 2.45) is 7.05 Å². The van der Waals surface area contributed by atoms with Gasteiger partial charge in [0.25, 0.3) is 0 Å². The van der Waals surface area contributed by atoms with Gasteiger partial charge in [-0.15, -0.1) is 5.10 Å². The van der Waals surface area contributed by atoms with Gasteiger partial charge in [-0.05, 0) is 36.4 Å². The second kappa shape index (κ2) is 8.26. The fourth-order valence-electron chi connectivity index (χ4n) is 3.80. The van der Waals surface area contributed by atoms with E-state index in [0.29, 0.717) is 18.9 Å². The summed E-state index contributed by atoms with van der Waals surface area (Å²) in [6, 6.07) is 7.89. The van der Waals surface area contributed by atoms with Crippen LogP contribution in [0.1, 0.15) is 25.5 Å². The lowest BCUT2D eigenvalue weighted by Gasteiger charge is -2.34. The number of benzene rings is 1. The van der Waals surface area contributed by atoms with Crippen molar-refractivity contribution in [3.63, 3.8) is 0 Å². The molecule has 1 saturated heterocycles. The molecule has 0 bridgehead atoms. The maximum atomic E-state index is 12.5. The first kappa shape index (κ1) is 19.5. The predicted octanol–water partition coefficient (Wildman–Crippen LogP) is 0.485. The molecule has 0 aliphatic carbocycles. The van der Waals surface area contributed by atoms with Gasteiger partial charge in [-0.3, -0.25) is 9.69 Å². The standard InChI is InChI=1S/C19H26N8O2/c1-13-9-26(10-14(2)29-13)11-18-22-23-24-27(18)12-19(28)20-8-17-21-15-6-4-5-7-16(15)25(17)3/h4-7,13-14H,8-12H2,1-3H3,(H,20,28)/t13-,14+. The molecule has 0 unspecified atom stereocenters. The Morgan fingerprint density at radius 2 is 1.97 bits per heavy atom. The Labute approximate surface area is 168 Å². The van der Waals surface area contributed by atoms with E-state index in [2.05, 4.69) is 44.6 Å². The summed E-state index contributed by atoms with van der Waals surface area (Å²) in [5.74, 6) is 1.31. The Bertz CT molecular complexity index is 987. The largest absolute Gasteiger partial charge is 0.373 e. The molecule has 154 valence electrons. The third kappa shape index (κ3) is 4.43. The van der Waals surface area contributed by atoms with E-state index in [-0.39, 0.29) is 24.7 Å². The number of hydrogen-bond donors (Lipinski definition) is 1. The number of ether oxygens (including phenoxy) is 1. The molecule has 1 aromatic carbocycles. The highest BCUT2D eigenvalue weighted by Gasteiger charge is 2.24. The highest BCUT2D eigenvalue weighted by Crippen LogP contribution is 2.14. The first-order chi connectivity index (χ1) is 14.0. The first-order valence-corrected chi connectivity index (χ1v) is 9.79. The molecule has 10 heteroatoms. The van der Waals surface area contributed by atoms with Gasteiger partial charge in [0.15, 0.2) is 5.82 Å². The lowest BCUT2D eigenvalue weighted by atomic mass is 10.2. The highest BCUT2D eigenvalue weighted by atomic mass is 16.5. The summed E-state index contributed by atoms with van der Waals surface area (Å²) in [5, 5.41) is 14.7. The number of imidazole rings is 1. The second-order valence-electron chi connectivity index (χ2n) is 7.56. The highest BCUT2D eigenvalue weighted by molar-refractivity contribution is 5.77. The van der Waals surface area contributed by atoms with Crippen molar-refractivity contribution in [3.05, 3.63) is 35.9 Å². The molecular weight excluding hydrogens is 372 g/mol. The van der Waals surface area contributed by atoms with Crippen molar-refractivity contribution < 1.29 is 9.53 Å². The molecule has 0 saturated carbocycles. The molecule has 2 aromatic heterocycles. The number of hydrogen-bond acceptors (Lipinski definition) is 7. The van der Waals surface area contributed by atoms with Crippen molar-refractivity contribution in [1.82, 2.24) is 40.0 Å². The minimum absolute atomic E-state index is 0.0712. The van der Waals surface area contributed by atoms with Gasteiger partial charge in [-0.1, -0.05) is 12.1 Å². The van der Waals surface area contributed by atoms with Crippen LogP contribution in [-0.4, -0.2) is 65.9 Å². The molecule has 3 heterocycles. The maximum Gasteiger partial charge on any atom is 0.242 e. The molecule has 2 atom stereocenters. The van der Waals surface area contributed by atoms with Crippen molar-refractivity contribution in [1.29, 1.82) is 0 Å². The number of aryl methyl sites for hydroxylation is 1. The molecule has 29 heavy (non-hydrogen) atoms. The van der Waals surface area contributed by atoms with Gasteiger partial charge in [-0.2, -0.15) is 0 Å². The Hall–Kier alpha value is -2.85. The number of rotatable bonds is 6. The average molecular weight is 398 g/mol. The van der Waals surface area contributed by atoms with E-state index in [4.69, 9.17) is 4.74 Å². The molecule has 3 aromatic rings. The van der Waals surface area contributed by atoms with Crippen molar-refractivity contribution in [2.75, 3.05) is 13.1 Å². The minimum Gasteiger partial charge on any atom is -0.373 e. The van der Waals surface area contributed by atoms with E-state index in [1.54, 1.807) is 4.68 Å². The number of nitrogens with one attached hydrogen (secondary N) is 1. The van der Waals surface area contributed by atoms with Crippen LogP contribution >= 0.6 is 0 Å². The van der Waals surface area contributed by atoms with Gasteiger partial charge in [0, 0.05) is 20.1 Å². The van der Waals surface area contributed by atoms with Crippen LogP contribution in [0.25, 0.3) is 11.0 Å². The van der Waals surface area contributed by atoms with Gasteiger partial charge < -0.3 is 14.6 Å². The van der Waals surface area contributed by atoms with E-state index in [1.807, 2.05) is 35.9 Å². The van der Waals surface area contributed by atoms with Crippen molar-refractivity contribution in [2.45, 2.75) is 45.7 Å². The summed E-state index contributed by atoms with van der Waals surface area (Å²) in [5.41, 5.74) is 1.95. The SMILES string of the molecule is C[C@@H]1CN(Cc2nnnn2CC(=O)NCc2nc3ccccc3n2C)C[C@H](C)O1. The molecule has 1 aliphatic rings. The van der Waals surface area contributed by atoms with E-state index in [9.17, 15) is 4.79 Å². The topological polar surface area (TPSA) is 103 Å². The number of para-hydroxylation sites is 2. The Kier molecular flexibility index (Phi) is 5.54. The van der Waals surface area contributed by atoms with Crippen molar-refractivity contribution >= 4 is 16.9 Å². The molecule has 0 spiro atoms. The normalized spacial score (nSPS) is 20.2. The number of nitrogens with zero attached hydrogens (tertiary/aromatic N) is 7. The number of tetrazole rings is 1. The third-order valence-corrected chi connectivity index (χ3v) is 5.08. The fourth-order valence-corrected chi connectivity index (χ4v) is 3.80. The Balaban J connectivity index is 1.35. The first-order valence-electron chi connectivity index (χ1n) is 9.79. The second-order valence-corrected chi connectivity index (χ2v) is 7.56. The molecule has 10 nitrogen and oxygen atoms in total. The lowest BCUT2D eigenvalue weighted by Crippen LogP contribution is -2.45. The molecule has 1 N–H and O–H groups in total. The Morgan fingerprint density at radius 3 is 2.72 bits per heavy atom. The summed E-state index contributed by atoms with van der Waals surface area (Å²) in [7, 11) is 1.95. The van der Waals surface area contributed by atoms with E-state index >= 15 is 0 Å². The van der Waals surface area contributed by atoms with Gasteiger partial charge in [0.05, 0.1) is 36.3 Å². The molecule has 1 amide bonds. The van der Waals surface area contributed by atoms with Crippen molar-refractivity contribution in [3.8, 4) is 0 Å². The van der Waals surface area contributed by atoms with Gasteiger partial charge in [0.1, 0.15) is 12.4 Å². The average Bonchev–Trinajstić information content (AvgIpc) is 3.24. The number of aromatic nitrogens is 6. The number of amides is 1. The van der Waals surface area contributed by atoms with Gasteiger partial charge >= 0.3 is 0 Å². The predicted molar refractivity (Wildman–Crippen MR) is 106 cm³/mol. The summed E-state index contributed by atoms with van der Waals surface area (Å²) in [6.45, 7) is 6.75.